The number of carbonyl (C=O) groups is 1. The van der Waals surface area contributed by atoms with Crippen LogP contribution in [0, 0.1) is 11.3 Å². The van der Waals surface area contributed by atoms with Gasteiger partial charge in [-0.15, -0.1) is 0 Å². The van der Waals surface area contributed by atoms with E-state index in [2.05, 4.69) is 14.8 Å². The molecular formula is C12H15N4O5P. The first-order valence-corrected chi connectivity index (χ1v) is 7.49. The van der Waals surface area contributed by atoms with Gasteiger partial charge in [-0.05, 0) is 18.2 Å². The number of nitrogens with one attached hydrogen (secondary N) is 1. The minimum absolute atomic E-state index is 0.242. The van der Waals surface area contributed by atoms with Gasteiger partial charge in [-0.25, -0.2) is 9.56 Å². The van der Waals surface area contributed by atoms with Gasteiger partial charge in [-0.1, -0.05) is 0 Å². The van der Waals surface area contributed by atoms with Crippen LogP contribution in [-0.2, 0) is 13.9 Å². The lowest BCUT2D eigenvalue weighted by Gasteiger charge is -2.08. The molecule has 0 saturated heterocycles. The van der Waals surface area contributed by atoms with E-state index in [1.165, 1.54) is 24.5 Å². The van der Waals surface area contributed by atoms with Crippen LogP contribution in [0.15, 0.2) is 23.2 Å². The number of phosphoric ester groups is 1. The van der Waals surface area contributed by atoms with Crippen molar-refractivity contribution in [2.45, 2.75) is 0 Å². The summed E-state index contributed by atoms with van der Waals surface area (Å²) in [6.45, 7) is -0.799. The number of benzene rings is 1. The van der Waals surface area contributed by atoms with Gasteiger partial charge in [0.15, 0.2) is 0 Å². The zero-order valence-corrected chi connectivity index (χ0v) is 12.8. The number of carbonyl (C=O) groups excluding carboxylic acids is 1. The fraction of sp³-hybridized carbons (Fsp3) is 0.250. The summed E-state index contributed by atoms with van der Waals surface area (Å²) < 4.78 is 14.6. The summed E-state index contributed by atoms with van der Waals surface area (Å²) in [6.07, 6.45) is 1.53. The van der Waals surface area contributed by atoms with Gasteiger partial charge in [-0.3, -0.25) is 9.32 Å². The van der Waals surface area contributed by atoms with Crippen molar-refractivity contribution in [3.63, 3.8) is 0 Å². The lowest BCUT2D eigenvalue weighted by Crippen LogP contribution is -2.17. The molecule has 3 N–H and O–H groups in total. The molecule has 0 spiro atoms. The van der Waals surface area contributed by atoms with Crippen molar-refractivity contribution in [3.05, 3.63) is 23.8 Å². The van der Waals surface area contributed by atoms with E-state index in [0.717, 1.165) is 0 Å². The van der Waals surface area contributed by atoms with Gasteiger partial charge in [0.2, 0.25) is 0 Å². The first kappa shape index (κ1) is 17.8. The molecule has 1 rings (SSSR count). The van der Waals surface area contributed by atoms with E-state index >= 15 is 0 Å². The average Bonchev–Trinajstić information content (AvgIpc) is 2.42. The van der Waals surface area contributed by atoms with Crippen LogP contribution >= 0.6 is 7.82 Å². The van der Waals surface area contributed by atoms with E-state index in [1.54, 1.807) is 19.0 Å². The lowest BCUT2D eigenvalue weighted by molar-refractivity contribution is -0.118. The second kappa shape index (κ2) is 7.68. The van der Waals surface area contributed by atoms with E-state index in [-0.39, 0.29) is 5.56 Å². The summed E-state index contributed by atoms with van der Waals surface area (Å²) in [7, 11) is -1.14. The molecular weight excluding hydrogens is 311 g/mol. The Morgan fingerprint density at radius 2 is 2.23 bits per heavy atom. The minimum Gasteiger partial charge on any atom is -0.369 e. The summed E-state index contributed by atoms with van der Waals surface area (Å²) in [5.41, 5.74) is 0.965. The zero-order valence-electron chi connectivity index (χ0n) is 11.9. The maximum Gasteiger partial charge on any atom is 0.470 e. The number of hydrogen-bond acceptors (Lipinski definition) is 5. The van der Waals surface area contributed by atoms with E-state index in [0.29, 0.717) is 11.4 Å². The summed E-state index contributed by atoms with van der Waals surface area (Å²) in [5.74, 6) is -0.753. The first-order valence-electron chi connectivity index (χ1n) is 5.96. The van der Waals surface area contributed by atoms with Crippen molar-refractivity contribution < 1.29 is 23.7 Å². The number of rotatable bonds is 6. The van der Waals surface area contributed by atoms with Crippen molar-refractivity contribution in [2.75, 3.05) is 26.0 Å². The predicted octanol–water partition coefficient (Wildman–Crippen LogP) is 0.827. The Kier molecular flexibility index (Phi) is 6.22. The lowest BCUT2D eigenvalue weighted by atomic mass is 10.1. The normalized spacial score (nSPS) is 11.2. The Hall–Kier alpha value is -2.24. The Morgan fingerprint density at radius 1 is 1.55 bits per heavy atom. The highest BCUT2D eigenvalue weighted by Crippen LogP contribution is 2.35. The van der Waals surface area contributed by atoms with Gasteiger partial charge in [0.25, 0.3) is 5.91 Å². The number of anilines is 1. The second-order valence-electron chi connectivity index (χ2n) is 4.36. The Morgan fingerprint density at radius 3 is 2.77 bits per heavy atom. The van der Waals surface area contributed by atoms with Crippen LogP contribution in [0.2, 0.25) is 0 Å². The number of amides is 1. The van der Waals surface area contributed by atoms with Crippen molar-refractivity contribution in [1.29, 1.82) is 5.26 Å². The Bertz CT molecular complexity index is 662. The number of nitrogens with zero attached hydrogens (tertiary/aromatic N) is 3. The maximum atomic E-state index is 11.5. The van der Waals surface area contributed by atoms with Crippen molar-refractivity contribution >= 4 is 31.4 Å². The molecule has 22 heavy (non-hydrogen) atoms. The largest absolute Gasteiger partial charge is 0.470 e. The molecule has 0 saturated carbocycles. The van der Waals surface area contributed by atoms with Crippen molar-refractivity contribution in [1.82, 2.24) is 4.90 Å². The number of phosphoric acid groups is 1. The van der Waals surface area contributed by atoms with Crippen LogP contribution < -0.4 is 5.32 Å². The zero-order chi connectivity index (χ0) is 16.8. The quantitative estimate of drug-likeness (QED) is 0.400. The fourth-order valence-corrected chi connectivity index (χ4v) is 1.62. The van der Waals surface area contributed by atoms with Crippen molar-refractivity contribution in [2.24, 2.45) is 4.99 Å². The molecule has 0 bridgehead atoms. The van der Waals surface area contributed by atoms with Crippen LogP contribution in [0.4, 0.5) is 11.4 Å². The van der Waals surface area contributed by atoms with Crippen LogP contribution in [0.5, 0.6) is 0 Å². The molecule has 1 aromatic rings. The molecule has 0 radical (unpaired) electrons. The summed E-state index contributed by atoms with van der Waals surface area (Å²) in [5, 5.41) is 11.4. The summed E-state index contributed by atoms with van der Waals surface area (Å²) >= 11 is 0. The van der Waals surface area contributed by atoms with Crippen molar-refractivity contribution in [3.8, 4) is 6.07 Å². The summed E-state index contributed by atoms with van der Waals surface area (Å²) in [4.78, 5) is 34.3. The van der Waals surface area contributed by atoms with Gasteiger partial charge in [0.1, 0.15) is 12.7 Å². The monoisotopic (exact) mass is 326 g/mol. The predicted molar refractivity (Wildman–Crippen MR) is 79.6 cm³/mol. The van der Waals surface area contributed by atoms with Gasteiger partial charge in [0, 0.05) is 19.8 Å². The standard InChI is InChI=1S/C12H15N4O5P/c1-16(2)8-14-11-4-3-10(5-9(11)6-13)15-12(17)7-21-22(18,19)20/h3-5,8H,7H2,1-2H3,(H,15,17)(H2,18,19,20). The number of hydrogen-bond donors (Lipinski definition) is 3. The van der Waals surface area contributed by atoms with Gasteiger partial charge in [-0.2, -0.15) is 5.26 Å². The molecule has 0 atom stereocenters. The van der Waals surface area contributed by atoms with Crippen LogP contribution in [0.1, 0.15) is 5.56 Å². The van der Waals surface area contributed by atoms with Gasteiger partial charge in [0.05, 0.1) is 17.6 Å². The molecule has 10 heteroatoms. The van der Waals surface area contributed by atoms with Crippen LogP contribution in [0.3, 0.4) is 0 Å². The van der Waals surface area contributed by atoms with E-state index in [4.69, 9.17) is 15.0 Å². The Balaban J connectivity index is 2.80. The van der Waals surface area contributed by atoms with E-state index < -0.39 is 20.3 Å². The molecule has 9 nitrogen and oxygen atoms in total. The first-order chi connectivity index (χ1) is 10.2. The van der Waals surface area contributed by atoms with Gasteiger partial charge < -0.3 is 20.0 Å². The molecule has 1 amide bonds. The third kappa shape index (κ3) is 6.47. The Labute approximate surface area is 127 Å². The topological polar surface area (TPSA) is 135 Å². The average molecular weight is 326 g/mol. The van der Waals surface area contributed by atoms with Crippen LogP contribution in [0.25, 0.3) is 0 Å². The molecule has 1 aromatic carbocycles. The number of nitriles is 1. The highest BCUT2D eigenvalue weighted by Gasteiger charge is 2.16. The third-order valence-corrected chi connectivity index (χ3v) is 2.66. The molecule has 0 aromatic heterocycles. The maximum absolute atomic E-state index is 11.5. The molecule has 0 aliphatic rings. The fourth-order valence-electron chi connectivity index (χ4n) is 1.33. The highest BCUT2D eigenvalue weighted by atomic mass is 31.2. The smallest absolute Gasteiger partial charge is 0.369 e. The molecule has 118 valence electrons. The molecule has 0 fully saturated rings. The molecule has 0 heterocycles. The second-order valence-corrected chi connectivity index (χ2v) is 5.60. The van der Waals surface area contributed by atoms with E-state index in [1.807, 2.05) is 6.07 Å². The summed E-state index contributed by atoms with van der Waals surface area (Å²) in [6, 6.07) is 6.40. The minimum atomic E-state index is -4.70. The van der Waals surface area contributed by atoms with Gasteiger partial charge >= 0.3 is 7.82 Å². The van der Waals surface area contributed by atoms with Crippen LogP contribution in [-0.4, -0.2) is 47.6 Å². The third-order valence-electron chi connectivity index (χ3n) is 2.19. The molecule has 0 aliphatic heterocycles. The highest BCUT2D eigenvalue weighted by molar-refractivity contribution is 7.46. The SMILES string of the molecule is CN(C)C=Nc1ccc(NC(=O)COP(=O)(O)O)cc1C#N. The number of aliphatic imine (C=N–C) groups is 1. The molecule has 0 unspecified atom stereocenters. The van der Waals surface area contributed by atoms with E-state index in [9.17, 15) is 9.36 Å². The molecule has 0 aliphatic carbocycles.